The SMILES string of the molecule is Cn1ccc(CCNCc2ccc([N+](=O)[O-])c(F)c2)n1. The lowest BCUT2D eigenvalue weighted by Crippen LogP contribution is -2.17. The third kappa shape index (κ3) is 3.61. The summed E-state index contributed by atoms with van der Waals surface area (Å²) in [4.78, 5) is 9.76. The molecule has 6 nitrogen and oxygen atoms in total. The Balaban J connectivity index is 1.82. The molecule has 0 radical (unpaired) electrons. The van der Waals surface area contributed by atoms with Gasteiger partial charge in [0.05, 0.1) is 10.6 Å². The number of hydrogen-bond acceptors (Lipinski definition) is 4. The molecule has 0 fully saturated rings. The summed E-state index contributed by atoms with van der Waals surface area (Å²) in [7, 11) is 1.86. The summed E-state index contributed by atoms with van der Waals surface area (Å²) in [6.45, 7) is 1.16. The summed E-state index contributed by atoms with van der Waals surface area (Å²) >= 11 is 0. The van der Waals surface area contributed by atoms with E-state index in [1.54, 1.807) is 10.7 Å². The molecule has 0 saturated heterocycles. The summed E-state index contributed by atoms with van der Waals surface area (Å²) in [5, 5.41) is 17.9. The van der Waals surface area contributed by atoms with Crippen LogP contribution in [0.4, 0.5) is 10.1 Å². The Morgan fingerprint density at radius 1 is 1.45 bits per heavy atom. The van der Waals surface area contributed by atoms with E-state index in [1.165, 1.54) is 12.1 Å². The standard InChI is InChI=1S/C13H15FN4O2/c1-17-7-5-11(16-17)4-6-15-9-10-2-3-13(18(19)20)12(14)8-10/h2-3,5,7-8,15H,4,6,9H2,1H3. The fourth-order valence-electron chi connectivity index (χ4n) is 1.85. The highest BCUT2D eigenvalue weighted by Gasteiger charge is 2.13. The maximum absolute atomic E-state index is 13.4. The van der Waals surface area contributed by atoms with Crippen LogP contribution in [0.1, 0.15) is 11.3 Å². The molecule has 20 heavy (non-hydrogen) atoms. The summed E-state index contributed by atoms with van der Waals surface area (Å²) in [5.74, 6) is -0.806. The monoisotopic (exact) mass is 278 g/mol. The molecule has 0 spiro atoms. The fraction of sp³-hybridized carbons (Fsp3) is 0.308. The van der Waals surface area contributed by atoms with E-state index < -0.39 is 16.4 Å². The molecule has 0 aliphatic heterocycles. The quantitative estimate of drug-likeness (QED) is 0.497. The van der Waals surface area contributed by atoms with Crippen molar-refractivity contribution in [3.05, 3.63) is 57.7 Å². The Kier molecular flexibility index (Phi) is 4.41. The number of nitrogens with one attached hydrogen (secondary N) is 1. The van der Waals surface area contributed by atoms with Gasteiger partial charge in [-0.1, -0.05) is 6.07 Å². The summed E-state index contributed by atoms with van der Waals surface area (Å²) in [6, 6.07) is 5.86. The van der Waals surface area contributed by atoms with E-state index in [0.717, 1.165) is 12.1 Å². The van der Waals surface area contributed by atoms with E-state index in [-0.39, 0.29) is 0 Å². The first kappa shape index (κ1) is 14.1. The van der Waals surface area contributed by atoms with Crippen LogP contribution in [0.5, 0.6) is 0 Å². The Hall–Kier alpha value is -2.28. The van der Waals surface area contributed by atoms with E-state index in [4.69, 9.17) is 0 Å². The molecule has 0 atom stereocenters. The van der Waals surface area contributed by atoms with Crippen LogP contribution in [0, 0.1) is 15.9 Å². The van der Waals surface area contributed by atoms with Crippen molar-refractivity contribution in [1.82, 2.24) is 15.1 Å². The van der Waals surface area contributed by atoms with Crippen LogP contribution in [0.3, 0.4) is 0 Å². The van der Waals surface area contributed by atoms with Gasteiger partial charge in [0, 0.05) is 38.8 Å². The average Bonchev–Trinajstić information content (AvgIpc) is 2.80. The first-order chi connectivity index (χ1) is 9.56. The van der Waals surface area contributed by atoms with Gasteiger partial charge < -0.3 is 5.32 Å². The molecule has 0 bridgehead atoms. The molecule has 106 valence electrons. The van der Waals surface area contributed by atoms with Gasteiger partial charge in [-0.2, -0.15) is 9.49 Å². The lowest BCUT2D eigenvalue weighted by atomic mass is 10.2. The Morgan fingerprint density at radius 2 is 2.25 bits per heavy atom. The minimum Gasteiger partial charge on any atom is -0.312 e. The van der Waals surface area contributed by atoms with Crippen LogP contribution in [0.15, 0.2) is 30.5 Å². The topological polar surface area (TPSA) is 73.0 Å². The van der Waals surface area contributed by atoms with Gasteiger partial charge in [-0.15, -0.1) is 0 Å². The summed E-state index contributed by atoms with van der Waals surface area (Å²) in [6.07, 6.45) is 2.65. The van der Waals surface area contributed by atoms with Crippen molar-refractivity contribution >= 4 is 5.69 Å². The van der Waals surface area contributed by atoms with Gasteiger partial charge in [-0.05, 0) is 17.7 Å². The summed E-state index contributed by atoms with van der Waals surface area (Å²) in [5.41, 5.74) is 1.16. The predicted octanol–water partition coefficient (Wildman–Crippen LogP) is 1.80. The fourth-order valence-corrected chi connectivity index (χ4v) is 1.85. The number of aryl methyl sites for hydroxylation is 1. The van der Waals surface area contributed by atoms with Crippen molar-refractivity contribution in [3.63, 3.8) is 0 Å². The molecule has 1 aromatic heterocycles. The van der Waals surface area contributed by atoms with E-state index in [9.17, 15) is 14.5 Å². The highest BCUT2D eigenvalue weighted by molar-refractivity contribution is 5.34. The largest absolute Gasteiger partial charge is 0.312 e. The normalized spacial score (nSPS) is 10.7. The number of halogens is 1. The molecular weight excluding hydrogens is 263 g/mol. The number of nitro benzene ring substituents is 1. The molecule has 1 heterocycles. The van der Waals surface area contributed by atoms with Gasteiger partial charge in [-0.25, -0.2) is 0 Å². The minimum absolute atomic E-state index is 0.460. The molecule has 2 aromatic rings. The van der Waals surface area contributed by atoms with Gasteiger partial charge in [-0.3, -0.25) is 14.8 Å². The molecule has 0 aliphatic rings. The number of nitrogens with zero attached hydrogens (tertiary/aromatic N) is 3. The maximum atomic E-state index is 13.4. The number of benzene rings is 1. The highest BCUT2D eigenvalue weighted by atomic mass is 19.1. The molecule has 0 unspecified atom stereocenters. The van der Waals surface area contributed by atoms with Crippen molar-refractivity contribution in [3.8, 4) is 0 Å². The lowest BCUT2D eigenvalue weighted by molar-refractivity contribution is -0.387. The van der Waals surface area contributed by atoms with Crippen LogP contribution in [-0.4, -0.2) is 21.2 Å². The van der Waals surface area contributed by atoms with Crippen molar-refractivity contribution in [2.75, 3.05) is 6.54 Å². The molecule has 1 aromatic carbocycles. The van der Waals surface area contributed by atoms with Gasteiger partial charge in [0.25, 0.3) is 0 Å². The highest BCUT2D eigenvalue weighted by Crippen LogP contribution is 2.17. The Morgan fingerprint density at radius 3 is 2.85 bits per heavy atom. The van der Waals surface area contributed by atoms with E-state index in [1.807, 2.05) is 19.3 Å². The number of nitro groups is 1. The number of aromatic nitrogens is 2. The van der Waals surface area contributed by atoms with E-state index in [0.29, 0.717) is 18.7 Å². The van der Waals surface area contributed by atoms with E-state index in [2.05, 4.69) is 10.4 Å². The van der Waals surface area contributed by atoms with Crippen molar-refractivity contribution in [2.45, 2.75) is 13.0 Å². The van der Waals surface area contributed by atoms with Crippen LogP contribution < -0.4 is 5.32 Å². The first-order valence-corrected chi connectivity index (χ1v) is 6.18. The molecule has 0 saturated carbocycles. The molecular formula is C13H15FN4O2. The number of rotatable bonds is 6. The zero-order valence-corrected chi connectivity index (χ0v) is 11.0. The van der Waals surface area contributed by atoms with Crippen LogP contribution >= 0.6 is 0 Å². The van der Waals surface area contributed by atoms with Gasteiger partial charge in [0.15, 0.2) is 0 Å². The van der Waals surface area contributed by atoms with Gasteiger partial charge in [0.2, 0.25) is 5.82 Å². The van der Waals surface area contributed by atoms with E-state index >= 15 is 0 Å². The Bertz CT molecular complexity index is 612. The first-order valence-electron chi connectivity index (χ1n) is 6.18. The molecule has 0 amide bonds. The van der Waals surface area contributed by atoms with Crippen molar-refractivity contribution in [2.24, 2.45) is 7.05 Å². The van der Waals surface area contributed by atoms with Gasteiger partial charge in [0.1, 0.15) is 0 Å². The summed E-state index contributed by atoms with van der Waals surface area (Å²) < 4.78 is 15.1. The smallest absolute Gasteiger partial charge is 0.304 e. The molecule has 0 aliphatic carbocycles. The second-order valence-corrected chi connectivity index (χ2v) is 4.45. The zero-order valence-electron chi connectivity index (χ0n) is 11.0. The maximum Gasteiger partial charge on any atom is 0.304 e. The molecule has 7 heteroatoms. The van der Waals surface area contributed by atoms with Crippen molar-refractivity contribution < 1.29 is 9.31 Å². The second-order valence-electron chi connectivity index (χ2n) is 4.45. The van der Waals surface area contributed by atoms with Crippen molar-refractivity contribution in [1.29, 1.82) is 0 Å². The second kappa shape index (κ2) is 6.25. The zero-order chi connectivity index (χ0) is 14.5. The molecule has 1 N–H and O–H groups in total. The lowest BCUT2D eigenvalue weighted by Gasteiger charge is -2.04. The third-order valence-corrected chi connectivity index (χ3v) is 2.86. The Labute approximate surface area is 115 Å². The minimum atomic E-state index is -0.806. The van der Waals surface area contributed by atoms with Crippen LogP contribution in [-0.2, 0) is 20.0 Å². The average molecular weight is 278 g/mol. The third-order valence-electron chi connectivity index (χ3n) is 2.86. The van der Waals surface area contributed by atoms with Crippen LogP contribution in [0.2, 0.25) is 0 Å². The number of hydrogen-bond donors (Lipinski definition) is 1. The molecule has 2 rings (SSSR count). The van der Waals surface area contributed by atoms with Crippen LogP contribution in [0.25, 0.3) is 0 Å². The van der Waals surface area contributed by atoms with Gasteiger partial charge >= 0.3 is 5.69 Å². The predicted molar refractivity (Wildman–Crippen MR) is 71.7 cm³/mol.